The summed E-state index contributed by atoms with van der Waals surface area (Å²) in [6, 6.07) is 11.0. The number of rotatable bonds is 8. The lowest BCUT2D eigenvalue weighted by atomic mass is 10.0. The number of sulfonamides is 1. The minimum Gasteiger partial charge on any atom is -0.348 e. The van der Waals surface area contributed by atoms with Crippen molar-refractivity contribution in [3.05, 3.63) is 65.5 Å². The fraction of sp³-hybridized carbons (Fsp3) is 0.381. The first-order chi connectivity index (χ1) is 13.1. The summed E-state index contributed by atoms with van der Waals surface area (Å²) in [6.07, 6.45) is 0.320. The number of hydrogen-bond acceptors (Lipinski definition) is 3. The van der Waals surface area contributed by atoms with Crippen molar-refractivity contribution in [1.82, 2.24) is 10.0 Å². The Morgan fingerprint density at radius 2 is 1.64 bits per heavy atom. The van der Waals surface area contributed by atoms with Gasteiger partial charge in [-0.15, -0.1) is 0 Å². The van der Waals surface area contributed by atoms with E-state index in [1.165, 1.54) is 18.2 Å². The molecule has 0 unspecified atom stereocenters. The average Bonchev–Trinajstić information content (AvgIpc) is 2.61. The van der Waals surface area contributed by atoms with Gasteiger partial charge in [-0.1, -0.05) is 49.7 Å². The summed E-state index contributed by atoms with van der Waals surface area (Å²) in [4.78, 5) is 12.9. The van der Waals surface area contributed by atoms with Crippen LogP contribution in [-0.4, -0.2) is 20.4 Å². The number of amides is 1. The topological polar surface area (TPSA) is 75.3 Å². The van der Waals surface area contributed by atoms with Crippen molar-refractivity contribution >= 4 is 15.9 Å². The lowest BCUT2D eigenvalue weighted by Crippen LogP contribution is -2.47. The summed E-state index contributed by atoms with van der Waals surface area (Å²) in [5.74, 6) is -0.823. The molecule has 152 valence electrons. The summed E-state index contributed by atoms with van der Waals surface area (Å²) in [5, 5.41) is 2.72. The average molecular weight is 407 g/mol. The van der Waals surface area contributed by atoms with Crippen LogP contribution in [0.25, 0.3) is 0 Å². The highest BCUT2D eigenvalue weighted by atomic mass is 32.2. The molecule has 0 saturated carbocycles. The molecule has 0 bridgehead atoms. The molecule has 2 atom stereocenters. The van der Waals surface area contributed by atoms with Gasteiger partial charge in [0.2, 0.25) is 15.9 Å². The Hall–Kier alpha value is -2.25. The molecular formula is C21H27FN2O3S. The van der Waals surface area contributed by atoms with Gasteiger partial charge in [-0.05, 0) is 44.4 Å². The zero-order valence-corrected chi connectivity index (χ0v) is 17.4. The lowest BCUT2D eigenvalue weighted by molar-refractivity contribution is -0.123. The van der Waals surface area contributed by atoms with Crippen LogP contribution in [0, 0.1) is 18.7 Å². The number of carbonyl (C=O) groups is 1. The number of halogens is 1. The molecule has 0 spiro atoms. The molecule has 0 saturated heterocycles. The van der Waals surface area contributed by atoms with Crippen molar-refractivity contribution in [2.24, 2.45) is 5.92 Å². The van der Waals surface area contributed by atoms with Crippen LogP contribution in [0.2, 0.25) is 0 Å². The SMILES string of the molecule is Cc1ccc(S(=O)(=O)N[C@H](CC(C)C)C(=O)N[C@@H](C)c2ccccc2F)cc1. The first kappa shape index (κ1) is 22.0. The van der Waals surface area contributed by atoms with Crippen LogP contribution in [0.4, 0.5) is 4.39 Å². The second-order valence-electron chi connectivity index (χ2n) is 7.37. The van der Waals surface area contributed by atoms with Crippen molar-refractivity contribution in [2.75, 3.05) is 0 Å². The molecule has 1 amide bonds. The van der Waals surface area contributed by atoms with Crippen molar-refractivity contribution in [3.8, 4) is 0 Å². The van der Waals surface area contributed by atoms with Crippen LogP contribution in [-0.2, 0) is 14.8 Å². The Balaban J connectivity index is 2.19. The third-order valence-electron chi connectivity index (χ3n) is 4.38. The maximum Gasteiger partial charge on any atom is 0.241 e. The number of carbonyl (C=O) groups excluding carboxylic acids is 1. The molecule has 0 radical (unpaired) electrons. The van der Waals surface area contributed by atoms with Gasteiger partial charge in [0.05, 0.1) is 10.9 Å². The van der Waals surface area contributed by atoms with Crippen LogP contribution in [0.15, 0.2) is 53.4 Å². The zero-order valence-electron chi connectivity index (χ0n) is 16.6. The monoisotopic (exact) mass is 406 g/mol. The molecule has 2 aromatic rings. The molecule has 7 heteroatoms. The Morgan fingerprint density at radius 3 is 2.21 bits per heavy atom. The minimum absolute atomic E-state index is 0.0836. The van der Waals surface area contributed by atoms with E-state index in [2.05, 4.69) is 10.0 Å². The van der Waals surface area contributed by atoms with E-state index in [4.69, 9.17) is 0 Å². The highest BCUT2D eigenvalue weighted by molar-refractivity contribution is 7.89. The van der Waals surface area contributed by atoms with Crippen molar-refractivity contribution in [3.63, 3.8) is 0 Å². The van der Waals surface area contributed by atoms with E-state index in [1.54, 1.807) is 37.3 Å². The Kier molecular flexibility index (Phi) is 7.32. The molecule has 0 aliphatic rings. The molecule has 0 heterocycles. The Bertz CT molecular complexity index is 912. The maximum absolute atomic E-state index is 14.0. The second kappa shape index (κ2) is 9.30. The molecule has 0 aliphatic carbocycles. The first-order valence-electron chi connectivity index (χ1n) is 9.24. The predicted octanol–water partition coefficient (Wildman–Crippen LogP) is 3.70. The zero-order chi connectivity index (χ0) is 20.9. The van der Waals surface area contributed by atoms with E-state index in [-0.39, 0.29) is 10.8 Å². The Labute approximate surface area is 166 Å². The van der Waals surface area contributed by atoms with Gasteiger partial charge in [0.15, 0.2) is 0 Å². The normalized spacial score (nSPS) is 13.9. The molecular weight excluding hydrogens is 379 g/mol. The smallest absolute Gasteiger partial charge is 0.241 e. The first-order valence-corrected chi connectivity index (χ1v) is 10.7. The second-order valence-corrected chi connectivity index (χ2v) is 9.08. The van der Waals surface area contributed by atoms with Crippen molar-refractivity contribution in [2.45, 2.75) is 51.1 Å². The van der Waals surface area contributed by atoms with Crippen LogP contribution >= 0.6 is 0 Å². The summed E-state index contributed by atoms with van der Waals surface area (Å²) in [7, 11) is -3.86. The van der Waals surface area contributed by atoms with Crippen molar-refractivity contribution in [1.29, 1.82) is 0 Å². The summed E-state index contributed by atoms with van der Waals surface area (Å²) in [5.41, 5.74) is 1.29. The van der Waals surface area contributed by atoms with Crippen LogP contribution in [0.5, 0.6) is 0 Å². The third kappa shape index (κ3) is 5.87. The van der Waals surface area contributed by atoms with Crippen LogP contribution in [0.3, 0.4) is 0 Å². The number of benzene rings is 2. The van der Waals surface area contributed by atoms with Gasteiger partial charge >= 0.3 is 0 Å². The van der Waals surface area contributed by atoms with Gasteiger partial charge in [0.25, 0.3) is 0 Å². The summed E-state index contributed by atoms with van der Waals surface area (Å²) >= 11 is 0. The molecule has 0 aromatic heterocycles. The molecule has 2 rings (SSSR count). The van der Waals surface area contributed by atoms with Gasteiger partial charge in [0, 0.05) is 5.56 Å². The molecule has 28 heavy (non-hydrogen) atoms. The quantitative estimate of drug-likeness (QED) is 0.702. The molecule has 5 nitrogen and oxygen atoms in total. The maximum atomic E-state index is 14.0. The molecule has 0 fully saturated rings. The molecule has 2 N–H and O–H groups in total. The molecule has 0 aliphatic heterocycles. The van der Waals surface area contributed by atoms with Crippen LogP contribution < -0.4 is 10.0 Å². The fourth-order valence-electron chi connectivity index (χ4n) is 2.87. The lowest BCUT2D eigenvalue weighted by Gasteiger charge is -2.23. The number of nitrogens with one attached hydrogen (secondary N) is 2. The predicted molar refractivity (Wildman–Crippen MR) is 108 cm³/mol. The Morgan fingerprint density at radius 1 is 1.04 bits per heavy atom. The van der Waals surface area contributed by atoms with E-state index in [0.29, 0.717) is 12.0 Å². The van der Waals surface area contributed by atoms with Gasteiger partial charge in [0.1, 0.15) is 11.9 Å². The van der Waals surface area contributed by atoms with Crippen LogP contribution in [0.1, 0.15) is 44.4 Å². The third-order valence-corrected chi connectivity index (χ3v) is 5.87. The molecule has 2 aromatic carbocycles. The van der Waals surface area contributed by atoms with E-state index in [9.17, 15) is 17.6 Å². The fourth-order valence-corrected chi connectivity index (χ4v) is 4.08. The number of aryl methyl sites for hydroxylation is 1. The van der Waals surface area contributed by atoms with E-state index < -0.39 is 33.8 Å². The highest BCUT2D eigenvalue weighted by Gasteiger charge is 2.28. The van der Waals surface area contributed by atoms with Gasteiger partial charge in [-0.3, -0.25) is 4.79 Å². The van der Waals surface area contributed by atoms with E-state index >= 15 is 0 Å². The summed E-state index contributed by atoms with van der Waals surface area (Å²) in [6.45, 7) is 7.33. The standard InChI is InChI=1S/C21H27FN2O3S/c1-14(2)13-20(24-28(26,27)17-11-9-15(3)10-12-17)21(25)23-16(4)18-7-5-6-8-19(18)22/h5-12,14,16,20,24H,13H2,1-4H3,(H,23,25)/t16-,20+/m0/s1. The van der Waals surface area contributed by atoms with E-state index in [0.717, 1.165) is 5.56 Å². The van der Waals surface area contributed by atoms with Gasteiger partial charge in [-0.25, -0.2) is 12.8 Å². The summed E-state index contributed by atoms with van der Waals surface area (Å²) < 4.78 is 41.9. The largest absolute Gasteiger partial charge is 0.348 e. The van der Waals surface area contributed by atoms with Crippen molar-refractivity contribution < 1.29 is 17.6 Å². The highest BCUT2D eigenvalue weighted by Crippen LogP contribution is 2.18. The number of hydrogen-bond donors (Lipinski definition) is 2. The van der Waals surface area contributed by atoms with Gasteiger partial charge < -0.3 is 5.32 Å². The van der Waals surface area contributed by atoms with E-state index in [1.807, 2.05) is 20.8 Å². The van der Waals surface area contributed by atoms with Gasteiger partial charge in [-0.2, -0.15) is 4.72 Å². The minimum atomic E-state index is -3.86.